The Morgan fingerprint density at radius 3 is 2.43 bits per heavy atom. The van der Waals surface area contributed by atoms with Gasteiger partial charge in [-0.2, -0.15) is 13.2 Å². The van der Waals surface area contributed by atoms with E-state index in [1.807, 2.05) is 6.92 Å². The normalized spacial score (nSPS) is 19.2. The van der Waals surface area contributed by atoms with E-state index in [0.29, 0.717) is 30.9 Å². The Hall–Kier alpha value is -2.25. The molecule has 8 heteroatoms. The number of halogens is 4. The van der Waals surface area contributed by atoms with Gasteiger partial charge in [0.15, 0.2) is 0 Å². The molecule has 0 radical (unpaired) electrons. The van der Waals surface area contributed by atoms with Gasteiger partial charge in [0.1, 0.15) is 11.5 Å². The molecule has 1 heterocycles. The molecule has 0 aliphatic carbocycles. The fourth-order valence-corrected chi connectivity index (χ4v) is 3.11. The fraction of sp³-hybridized carbons (Fsp3) is 0.350. The first kappa shape index (κ1) is 22.0. The molecule has 2 aromatic carbocycles. The van der Waals surface area contributed by atoms with Crippen molar-refractivity contribution in [1.29, 1.82) is 0 Å². The molecule has 1 fully saturated rings. The van der Waals surface area contributed by atoms with E-state index >= 15 is 0 Å². The maximum absolute atomic E-state index is 12.8. The standard InChI is InChI=1S/C20H21F3N2O2.ClH/c1-19(12-24)8-9-25(13-19)18(26)14-4-2-6-16(10-14)27-17-7-3-5-15(11-17)20(21,22)23;/h2-7,10-11H,8-9,12-13,24H2,1H3;1H. The Morgan fingerprint density at radius 1 is 1.18 bits per heavy atom. The summed E-state index contributed by atoms with van der Waals surface area (Å²) in [6.07, 6.45) is -3.60. The summed E-state index contributed by atoms with van der Waals surface area (Å²) in [6, 6.07) is 11.1. The molecule has 4 nitrogen and oxygen atoms in total. The summed E-state index contributed by atoms with van der Waals surface area (Å²) >= 11 is 0. The molecule has 1 aliphatic rings. The predicted octanol–water partition coefficient (Wildman–Crippen LogP) is 4.73. The first-order valence-electron chi connectivity index (χ1n) is 8.65. The number of hydrogen-bond acceptors (Lipinski definition) is 3. The summed E-state index contributed by atoms with van der Waals surface area (Å²) in [4.78, 5) is 14.5. The van der Waals surface area contributed by atoms with E-state index in [2.05, 4.69) is 0 Å². The van der Waals surface area contributed by atoms with Crippen LogP contribution in [-0.4, -0.2) is 30.4 Å². The smallest absolute Gasteiger partial charge is 0.416 e. The van der Waals surface area contributed by atoms with E-state index in [1.54, 1.807) is 29.2 Å². The molecular weight excluding hydrogens is 393 g/mol. The minimum Gasteiger partial charge on any atom is -0.457 e. The second-order valence-electron chi connectivity index (χ2n) is 7.15. The molecule has 1 atom stereocenters. The number of nitrogens with zero attached hydrogens (tertiary/aromatic N) is 1. The SMILES string of the molecule is CC1(CN)CCN(C(=O)c2cccc(Oc3cccc(C(F)(F)F)c3)c2)C1.Cl. The van der Waals surface area contributed by atoms with Crippen LogP contribution in [0.25, 0.3) is 0 Å². The lowest BCUT2D eigenvalue weighted by Gasteiger charge is -2.22. The second kappa shape index (κ2) is 8.41. The van der Waals surface area contributed by atoms with Crippen LogP contribution in [0.2, 0.25) is 0 Å². The zero-order valence-corrected chi connectivity index (χ0v) is 16.1. The van der Waals surface area contributed by atoms with Gasteiger partial charge in [0.05, 0.1) is 5.56 Å². The van der Waals surface area contributed by atoms with Crippen molar-refractivity contribution in [3.05, 3.63) is 59.7 Å². The van der Waals surface area contributed by atoms with E-state index in [4.69, 9.17) is 10.5 Å². The van der Waals surface area contributed by atoms with Crippen molar-refractivity contribution in [1.82, 2.24) is 4.90 Å². The third-order valence-corrected chi connectivity index (χ3v) is 4.82. The first-order chi connectivity index (χ1) is 12.7. The minimum absolute atomic E-state index is 0. The highest BCUT2D eigenvalue weighted by Crippen LogP contribution is 2.33. The quantitative estimate of drug-likeness (QED) is 0.786. The third kappa shape index (κ3) is 4.97. The first-order valence-corrected chi connectivity index (χ1v) is 8.65. The maximum atomic E-state index is 12.8. The number of hydrogen-bond donors (Lipinski definition) is 1. The Labute approximate surface area is 167 Å². The van der Waals surface area contributed by atoms with E-state index in [9.17, 15) is 18.0 Å². The second-order valence-corrected chi connectivity index (χ2v) is 7.15. The van der Waals surface area contributed by atoms with Crippen LogP contribution in [0.3, 0.4) is 0 Å². The average molecular weight is 415 g/mol. The highest BCUT2D eigenvalue weighted by Gasteiger charge is 2.35. The summed E-state index contributed by atoms with van der Waals surface area (Å²) in [7, 11) is 0. The van der Waals surface area contributed by atoms with Gasteiger partial charge in [-0.1, -0.05) is 19.1 Å². The molecule has 0 bridgehead atoms. The molecule has 0 aromatic heterocycles. The molecular formula is C20H22ClF3N2O2. The molecule has 1 aliphatic heterocycles. The van der Waals surface area contributed by atoms with Crippen molar-refractivity contribution >= 4 is 18.3 Å². The lowest BCUT2D eigenvalue weighted by atomic mass is 9.90. The lowest BCUT2D eigenvalue weighted by Crippen LogP contribution is -2.34. The summed E-state index contributed by atoms with van der Waals surface area (Å²) in [5.74, 6) is 0.230. The van der Waals surface area contributed by atoms with Gasteiger partial charge < -0.3 is 15.4 Å². The molecule has 2 aromatic rings. The van der Waals surface area contributed by atoms with Crippen molar-refractivity contribution in [3.63, 3.8) is 0 Å². The third-order valence-electron chi connectivity index (χ3n) is 4.82. The molecule has 1 saturated heterocycles. The maximum Gasteiger partial charge on any atom is 0.416 e. The molecule has 2 N–H and O–H groups in total. The van der Waals surface area contributed by atoms with Crippen LogP contribution >= 0.6 is 12.4 Å². The number of likely N-dealkylation sites (tertiary alicyclic amines) is 1. The van der Waals surface area contributed by atoms with Gasteiger partial charge in [0.25, 0.3) is 5.91 Å². The average Bonchev–Trinajstić information content (AvgIpc) is 3.04. The Kier molecular flexibility index (Phi) is 6.62. The predicted molar refractivity (Wildman–Crippen MR) is 103 cm³/mol. The van der Waals surface area contributed by atoms with E-state index in [0.717, 1.165) is 18.6 Å². The molecule has 152 valence electrons. The molecule has 0 spiro atoms. The van der Waals surface area contributed by atoms with Gasteiger partial charge in [-0.3, -0.25) is 4.79 Å². The van der Waals surface area contributed by atoms with Gasteiger partial charge in [0, 0.05) is 18.7 Å². The van der Waals surface area contributed by atoms with Crippen LogP contribution in [-0.2, 0) is 6.18 Å². The largest absolute Gasteiger partial charge is 0.457 e. The minimum atomic E-state index is -4.44. The van der Waals surface area contributed by atoms with Gasteiger partial charge in [-0.25, -0.2) is 0 Å². The number of carbonyl (C=O) groups is 1. The fourth-order valence-electron chi connectivity index (χ4n) is 3.11. The molecule has 1 amide bonds. The van der Waals surface area contributed by atoms with Crippen LogP contribution in [0.5, 0.6) is 11.5 Å². The monoisotopic (exact) mass is 414 g/mol. The van der Waals surface area contributed by atoms with Crippen molar-refractivity contribution < 1.29 is 22.7 Å². The van der Waals surface area contributed by atoms with E-state index in [1.165, 1.54) is 12.1 Å². The van der Waals surface area contributed by atoms with Crippen molar-refractivity contribution in [2.75, 3.05) is 19.6 Å². The number of ether oxygens (including phenoxy) is 1. The summed E-state index contributed by atoms with van der Waals surface area (Å²) in [6.45, 7) is 3.77. The Morgan fingerprint density at radius 2 is 1.82 bits per heavy atom. The molecule has 0 saturated carbocycles. The number of amides is 1. The van der Waals surface area contributed by atoms with Gasteiger partial charge in [0.2, 0.25) is 0 Å². The van der Waals surface area contributed by atoms with Crippen molar-refractivity contribution in [3.8, 4) is 11.5 Å². The van der Waals surface area contributed by atoms with Crippen LogP contribution < -0.4 is 10.5 Å². The van der Waals surface area contributed by atoms with Gasteiger partial charge in [-0.05, 0) is 54.8 Å². The van der Waals surface area contributed by atoms with Crippen LogP contribution in [0, 0.1) is 5.41 Å². The Bertz CT molecular complexity index is 844. The number of carbonyl (C=O) groups excluding carboxylic acids is 1. The molecule has 1 unspecified atom stereocenters. The van der Waals surface area contributed by atoms with Crippen molar-refractivity contribution in [2.45, 2.75) is 19.5 Å². The number of nitrogens with two attached hydrogens (primary N) is 1. The Balaban J connectivity index is 0.00000280. The van der Waals surface area contributed by atoms with Gasteiger partial charge >= 0.3 is 6.18 Å². The van der Waals surface area contributed by atoms with Crippen LogP contribution in [0.4, 0.5) is 13.2 Å². The summed E-state index contributed by atoms with van der Waals surface area (Å²) in [5, 5.41) is 0. The lowest BCUT2D eigenvalue weighted by molar-refractivity contribution is -0.137. The number of benzene rings is 2. The topological polar surface area (TPSA) is 55.6 Å². The van der Waals surface area contributed by atoms with E-state index in [-0.39, 0.29) is 29.5 Å². The zero-order chi connectivity index (χ0) is 19.7. The van der Waals surface area contributed by atoms with Crippen LogP contribution in [0.15, 0.2) is 48.5 Å². The summed E-state index contributed by atoms with van der Waals surface area (Å²) in [5.41, 5.74) is 5.35. The summed E-state index contributed by atoms with van der Waals surface area (Å²) < 4.78 is 44.0. The molecule has 3 rings (SSSR count). The van der Waals surface area contributed by atoms with Gasteiger partial charge in [-0.15, -0.1) is 12.4 Å². The van der Waals surface area contributed by atoms with Crippen molar-refractivity contribution in [2.24, 2.45) is 11.1 Å². The van der Waals surface area contributed by atoms with E-state index < -0.39 is 11.7 Å². The molecule has 28 heavy (non-hydrogen) atoms. The van der Waals surface area contributed by atoms with Crippen LogP contribution in [0.1, 0.15) is 29.3 Å². The highest BCUT2D eigenvalue weighted by molar-refractivity contribution is 5.94. The highest BCUT2D eigenvalue weighted by atomic mass is 35.5. The number of rotatable bonds is 4. The number of alkyl halides is 3. The zero-order valence-electron chi connectivity index (χ0n) is 15.3.